The molecule has 4 rings (SSSR count). The Kier molecular flexibility index (Phi) is 3.19. The van der Waals surface area contributed by atoms with Crippen LogP contribution in [0, 0.1) is 0 Å². The van der Waals surface area contributed by atoms with Crippen LogP contribution < -0.4 is 5.46 Å². The standard InChI is InChI=1S/C17H22BN3O2/c1-16(2)17(3,4)23-18(22-16)14-9-20-21(11-14)15-7-13(8-19-10-15)12-5-6-12/h7-12H,5-6H2,1-4H3. The van der Waals surface area contributed by atoms with Crippen LogP contribution in [0.2, 0.25) is 0 Å². The van der Waals surface area contributed by atoms with Crippen LogP contribution in [0.25, 0.3) is 5.69 Å². The molecule has 2 aliphatic rings. The fourth-order valence-corrected chi connectivity index (χ4v) is 2.79. The average molecular weight is 311 g/mol. The summed E-state index contributed by atoms with van der Waals surface area (Å²) in [5.41, 5.74) is 2.54. The van der Waals surface area contributed by atoms with E-state index in [1.54, 1.807) is 0 Å². The van der Waals surface area contributed by atoms with Gasteiger partial charge in [-0.2, -0.15) is 5.10 Å². The molecule has 0 bridgehead atoms. The predicted molar refractivity (Wildman–Crippen MR) is 89.1 cm³/mol. The second kappa shape index (κ2) is 4.92. The van der Waals surface area contributed by atoms with Gasteiger partial charge in [0, 0.05) is 24.1 Å². The number of hydrogen-bond donors (Lipinski definition) is 0. The quantitative estimate of drug-likeness (QED) is 0.817. The number of aromatic nitrogens is 3. The van der Waals surface area contributed by atoms with E-state index >= 15 is 0 Å². The maximum absolute atomic E-state index is 6.08. The van der Waals surface area contributed by atoms with Crippen LogP contribution in [0.5, 0.6) is 0 Å². The van der Waals surface area contributed by atoms with Crippen LogP contribution in [-0.4, -0.2) is 33.1 Å². The molecule has 2 aromatic rings. The van der Waals surface area contributed by atoms with E-state index in [4.69, 9.17) is 9.31 Å². The molecular formula is C17H22BN3O2. The maximum Gasteiger partial charge on any atom is 0.498 e. The zero-order chi connectivity index (χ0) is 16.2. The number of pyridine rings is 1. The van der Waals surface area contributed by atoms with E-state index in [1.165, 1.54) is 18.4 Å². The van der Waals surface area contributed by atoms with Crippen molar-refractivity contribution >= 4 is 12.6 Å². The lowest BCUT2D eigenvalue weighted by Crippen LogP contribution is -2.41. The Labute approximate surface area is 137 Å². The van der Waals surface area contributed by atoms with Crippen molar-refractivity contribution in [2.24, 2.45) is 0 Å². The third-order valence-electron chi connectivity index (χ3n) is 5.19. The first-order chi connectivity index (χ1) is 10.9. The lowest BCUT2D eigenvalue weighted by atomic mass is 9.82. The van der Waals surface area contributed by atoms with E-state index < -0.39 is 0 Å². The first kappa shape index (κ1) is 14.9. The van der Waals surface area contributed by atoms with E-state index in [0.717, 1.165) is 11.2 Å². The molecule has 1 aliphatic heterocycles. The largest absolute Gasteiger partial charge is 0.498 e. The predicted octanol–water partition coefficient (Wildman–Crippen LogP) is 2.44. The summed E-state index contributed by atoms with van der Waals surface area (Å²) < 4.78 is 14.0. The molecule has 2 fully saturated rings. The number of rotatable bonds is 3. The van der Waals surface area contributed by atoms with Crippen molar-refractivity contribution in [3.05, 3.63) is 36.4 Å². The van der Waals surface area contributed by atoms with E-state index in [9.17, 15) is 0 Å². The Morgan fingerprint density at radius 2 is 1.78 bits per heavy atom. The summed E-state index contributed by atoms with van der Waals surface area (Å²) in [6.07, 6.45) is 10.1. The number of hydrogen-bond acceptors (Lipinski definition) is 4. The van der Waals surface area contributed by atoms with Gasteiger partial charge < -0.3 is 9.31 Å². The molecule has 5 nitrogen and oxygen atoms in total. The highest BCUT2D eigenvalue weighted by molar-refractivity contribution is 6.62. The van der Waals surface area contributed by atoms with Gasteiger partial charge in [-0.3, -0.25) is 4.98 Å². The molecule has 0 radical (unpaired) electrons. The fraction of sp³-hybridized carbons (Fsp3) is 0.529. The first-order valence-electron chi connectivity index (χ1n) is 8.21. The minimum atomic E-state index is -0.381. The van der Waals surface area contributed by atoms with Crippen molar-refractivity contribution in [1.29, 1.82) is 0 Å². The van der Waals surface area contributed by atoms with Crippen LogP contribution in [-0.2, 0) is 9.31 Å². The molecule has 0 atom stereocenters. The third kappa shape index (κ3) is 2.60. The molecule has 1 saturated heterocycles. The molecule has 0 spiro atoms. The molecule has 1 aliphatic carbocycles. The minimum absolute atomic E-state index is 0.340. The Balaban J connectivity index is 1.59. The van der Waals surface area contributed by atoms with Gasteiger partial charge in [0.15, 0.2) is 0 Å². The van der Waals surface area contributed by atoms with E-state index in [-0.39, 0.29) is 18.3 Å². The van der Waals surface area contributed by atoms with Crippen LogP contribution in [0.1, 0.15) is 52.0 Å². The molecule has 120 valence electrons. The molecule has 2 aromatic heterocycles. The highest BCUT2D eigenvalue weighted by Crippen LogP contribution is 2.40. The smallest absolute Gasteiger partial charge is 0.399 e. The third-order valence-corrected chi connectivity index (χ3v) is 5.19. The van der Waals surface area contributed by atoms with E-state index in [0.29, 0.717) is 5.92 Å². The van der Waals surface area contributed by atoms with Crippen molar-refractivity contribution in [3.8, 4) is 5.69 Å². The fourth-order valence-electron chi connectivity index (χ4n) is 2.79. The highest BCUT2D eigenvalue weighted by atomic mass is 16.7. The molecule has 0 aromatic carbocycles. The molecule has 23 heavy (non-hydrogen) atoms. The highest BCUT2D eigenvalue weighted by Gasteiger charge is 2.52. The maximum atomic E-state index is 6.08. The lowest BCUT2D eigenvalue weighted by Gasteiger charge is -2.32. The normalized spacial score (nSPS) is 22.5. The molecule has 0 N–H and O–H groups in total. The van der Waals surface area contributed by atoms with Crippen molar-refractivity contribution in [2.75, 3.05) is 0 Å². The summed E-state index contributed by atoms with van der Waals surface area (Å²) in [5.74, 6) is 0.681. The van der Waals surface area contributed by atoms with Crippen LogP contribution in [0.15, 0.2) is 30.9 Å². The van der Waals surface area contributed by atoms with Crippen molar-refractivity contribution in [1.82, 2.24) is 14.8 Å². The summed E-state index contributed by atoms with van der Waals surface area (Å²) in [6, 6.07) is 2.17. The second-order valence-corrected chi connectivity index (χ2v) is 7.56. The lowest BCUT2D eigenvalue weighted by molar-refractivity contribution is 0.00578. The van der Waals surface area contributed by atoms with Crippen molar-refractivity contribution < 1.29 is 9.31 Å². The van der Waals surface area contributed by atoms with Gasteiger partial charge in [0.2, 0.25) is 0 Å². The Morgan fingerprint density at radius 3 is 2.43 bits per heavy atom. The summed E-state index contributed by atoms with van der Waals surface area (Å²) in [7, 11) is -0.381. The van der Waals surface area contributed by atoms with Gasteiger partial charge >= 0.3 is 7.12 Å². The minimum Gasteiger partial charge on any atom is -0.399 e. The topological polar surface area (TPSA) is 49.2 Å². The molecule has 0 unspecified atom stereocenters. The average Bonchev–Trinajstić information content (AvgIpc) is 3.17. The molecule has 3 heterocycles. The van der Waals surface area contributed by atoms with Gasteiger partial charge in [0.05, 0.1) is 23.1 Å². The molecule has 0 amide bonds. The summed E-state index contributed by atoms with van der Waals surface area (Å²) in [6.45, 7) is 8.22. The SMILES string of the molecule is CC1(C)OB(c2cnn(-c3cncc(C4CC4)c3)c2)OC1(C)C. The van der Waals surface area contributed by atoms with Crippen molar-refractivity contribution in [2.45, 2.75) is 57.7 Å². The van der Waals surface area contributed by atoms with Crippen molar-refractivity contribution in [3.63, 3.8) is 0 Å². The Bertz CT molecular complexity index is 721. The Morgan fingerprint density at radius 1 is 1.09 bits per heavy atom. The summed E-state index contributed by atoms with van der Waals surface area (Å²) >= 11 is 0. The number of nitrogens with zero attached hydrogens (tertiary/aromatic N) is 3. The van der Waals surface area contributed by atoms with Crippen LogP contribution in [0.3, 0.4) is 0 Å². The van der Waals surface area contributed by atoms with Gasteiger partial charge in [0.25, 0.3) is 0 Å². The zero-order valence-electron chi connectivity index (χ0n) is 14.1. The van der Waals surface area contributed by atoms with E-state index in [1.807, 2.05) is 29.5 Å². The van der Waals surface area contributed by atoms with Gasteiger partial charge in [-0.05, 0) is 58.1 Å². The molecule has 1 saturated carbocycles. The van der Waals surface area contributed by atoms with Crippen LogP contribution >= 0.6 is 0 Å². The van der Waals surface area contributed by atoms with Gasteiger partial charge in [-0.25, -0.2) is 4.68 Å². The first-order valence-corrected chi connectivity index (χ1v) is 8.21. The van der Waals surface area contributed by atoms with Gasteiger partial charge in [-0.15, -0.1) is 0 Å². The van der Waals surface area contributed by atoms with Gasteiger partial charge in [-0.1, -0.05) is 0 Å². The monoisotopic (exact) mass is 311 g/mol. The van der Waals surface area contributed by atoms with E-state index in [2.05, 4.69) is 43.8 Å². The second-order valence-electron chi connectivity index (χ2n) is 7.56. The molecule has 6 heteroatoms. The van der Waals surface area contributed by atoms with Gasteiger partial charge in [0.1, 0.15) is 0 Å². The summed E-state index contributed by atoms with van der Waals surface area (Å²) in [4.78, 5) is 4.35. The summed E-state index contributed by atoms with van der Waals surface area (Å²) in [5, 5.41) is 4.46. The Hall–Kier alpha value is -1.66. The molecular weight excluding hydrogens is 289 g/mol. The van der Waals surface area contributed by atoms with Crippen LogP contribution in [0.4, 0.5) is 0 Å². The zero-order valence-corrected chi connectivity index (χ0v) is 14.1.